The summed E-state index contributed by atoms with van der Waals surface area (Å²) in [4.78, 5) is 14.2. The molecule has 1 fully saturated rings. The van der Waals surface area contributed by atoms with Gasteiger partial charge in [-0.1, -0.05) is 37.1 Å². The number of likely N-dealkylation sites (tertiary alicyclic amines) is 1. The van der Waals surface area contributed by atoms with Gasteiger partial charge in [-0.25, -0.2) is 0 Å². The first-order chi connectivity index (χ1) is 10.3. The highest BCUT2D eigenvalue weighted by atomic mass is 16.5. The van der Waals surface area contributed by atoms with Gasteiger partial charge < -0.3 is 15.0 Å². The van der Waals surface area contributed by atoms with E-state index in [4.69, 9.17) is 4.74 Å². The average molecular weight is 290 g/mol. The number of amides is 1. The van der Waals surface area contributed by atoms with Crippen LogP contribution in [0.4, 0.5) is 0 Å². The van der Waals surface area contributed by atoms with Crippen molar-refractivity contribution in [1.82, 2.24) is 10.2 Å². The summed E-state index contributed by atoms with van der Waals surface area (Å²) >= 11 is 0. The van der Waals surface area contributed by atoms with Crippen molar-refractivity contribution >= 4 is 5.91 Å². The summed E-state index contributed by atoms with van der Waals surface area (Å²) in [6.45, 7) is 3.57. The number of carbonyl (C=O) groups is 1. The fraction of sp³-hybridized carbons (Fsp3) is 0.588. The van der Waals surface area contributed by atoms with E-state index in [1.807, 2.05) is 17.0 Å². The Bertz CT molecular complexity index is 440. The molecule has 0 atom stereocenters. The molecule has 4 heteroatoms. The molecular formula is C17H26N2O2. The first-order valence-electron chi connectivity index (χ1n) is 7.85. The van der Waals surface area contributed by atoms with Crippen molar-refractivity contribution in [2.45, 2.75) is 38.8 Å². The van der Waals surface area contributed by atoms with Gasteiger partial charge in [0.2, 0.25) is 5.91 Å². The predicted octanol–water partition coefficient (Wildman–Crippen LogP) is 2.33. The molecule has 1 amide bonds. The zero-order valence-electron chi connectivity index (χ0n) is 12.9. The van der Waals surface area contributed by atoms with Crippen LogP contribution in [0, 0.1) is 0 Å². The highest BCUT2D eigenvalue weighted by Gasteiger charge is 2.14. The van der Waals surface area contributed by atoms with Crippen LogP contribution in [0.2, 0.25) is 0 Å². The number of hydrogen-bond acceptors (Lipinski definition) is 3. The molecule has 0 unspecified atom stereocenters. The summed E-state index contributed by atoms with van der Waals surface area (Å²) in [5, 5.41) is 3.27. The third-order valence-electron chi connectivity index (χ3n) is 3.97. The Hall–Kier alpha value is -1.39. The van der Waals surface area contributed by atoms with E-state index in [-0.39, 0.29) is 5.91 Å². The Labute approximate surface area is 127 Å². The second-order valence-corrected chi connectivity index (χ2v) is 5.60. The Morgan fingerprint density at radius 2 is 1.81 bits per heavy atom. The van der Waals surface area contributed by atoms with Crippen LogP contribution in [0.3, 0.4) is 0 Å². The van der Waals surface area contributed by atoms with Gasteiger partial charge in [0.1, 0.15) is 0 Å². The zero-order chi connectivity index (χ0) is 14.9. The maximum atomic E-state index is 12.2. The van der Waals surface area contributed by atoms with Crippen LogP contribution >= 0.6 is 0 Å². The fourth-order valence-electron chi connectivity index (χ4n) is 2.76. The molecule has 1 aromatic rings. The van der Waals surface area contributed by atoms with E-state index < -0.39 is 0 Å². The highest BCUT2D eigenvalue weighted by Crippen LogP contribution is 2.11. The molecule has 0 saturated carbocycles. The molecule has 1 heterocycles. The monoisotopic (exact) mass is 290 g/mol. The number of rotatable bonds is 6. The van der Waals surface area contributed by atoms with Crippen LogP contribution in [-0.2, 0) is 22.7 Å². The molecule has 4 nitrogen and oxygen atoms in total. The number of nitrogens with one attached hydrogen (secondary N) is 1. The highest BCUT2D eigenvalue weighted by molar-refractivity contribution is 5.78. The molecule has 0 bridgehead atoms. The lowest BCUT2D eigenvalue weighted by Gasteiger charge is -2.20. The molecule has 1 aliphatic rings. The standard InChI is InChI=1S/C17H26N2O2/c1-21-14-16-9-5-4-8-15(16)12-18-13-17(20)19-10-6-2-3-7-11-19/h4-5,8-9,18H,2-3,6-7,10-14H2,1H3. The molecule has 116 valence electrons. The SMILES string of the molecule is COCc1ccccc1CNCC(=O)N1CCCCCC1. The van der Waals surface area contributed by atoms with E-state index in [1.165, 1.54) is 24.0 Å². The van der Waals surface area contributed by atoms with E-state index in [0.29, 0.717) is 19.7 Å². The van der Waals surface area contributed by atoms with Crippen molar-refractivity contribution in [3.63, 3.8) is 0 Å². The van der Waals surface area contributed by atoms with E-state index in [9.17, 15) is 4.79 Å². The molecule has 2 rings (SSSR count). The summed E-state index contributed by atoms with van der Waals surface area (Å²) in [5.41, 5.74) is 2.37. The summed E-state index contributed by atoms with van der Waals surface area (Å²) < 4.78 is 5.20. The molecule has 0 radical (unpaired) electrons. The topological polar surface area (TPSA) is 41.6 Å². The zero-order valence-corrected chi connectivity index (χ0v) is 12.9. The minimum atomic E-state index is 0.223. The Balaban J connectivity index is 1.79. The average Bonchev–Trinajstić information content (AvgIpc) is 2.78. The Morgan fingerprint density at radius 3 is 2.48 bits per heavy atom. The number of benzene rings is 1. The second-order valence-electron chi connectivity index (χ2n) is 5.60. The van der Waals surface area contributed by atoms with Crippen LogP contribution in [-0.4, -0.2) is 37.6 Å². The molecule has 21 heavy (non-hydrogen) atoms. The Morgan fingerprint density at radius 1 is 1.14 bits per heavy atom. The Kier molecular flexibility index (Phi) is 6.70. The van der Waals surface area contributed by atoms with Crippen molar-refractivity contribution in [2.75, 3.05) is 26.7 Å². The number of ether oxygens (including phenoxy) is 1. The second kappa shape index (κ2) is 8.80. The van der Waals surface area contributed by atoms with Crippen LogP contribution in [0.5, 0.6) is 0 Å². The number of carbonyl (C=O) groups excluding carboxylic acids is 1. The van der Waals surface area contributed by atoms with Gasteiger partial charge in [0.25, 0.3) is 0 Å². The van der Waals surface area contributed by atoms with E-state index in [0.717, 1.165) is 25.9 Å². The van der Waals surface area contributed by atoms with Gasteiger partial charge in [-0.15, -0.1) is 0 Å². The predicted molar refractivity (Wildman–Crippen MR) is 83.9 cm³/mol. The summed E-state index contributed by atoms with van der Waals surface area (Å²) in [6.07, 6.45) is 4.79. The molecular weight excluding hydrogens is 264 g/mol. The van der Waals surface area contributed by atoms with E-state index >= 15 is 0 Å². The van der Waals surface area contributed by atoms with Crippen molar-refractivity contribution in [3.8, 4) is 0 Å². The molecule has 1 aromatic carbocycles. The van der Waals surface area contributed by atoms with Crippen LogP contribution in [0.15, 0.2) is 24.3 Å². The van der Waals surface area contributed by atoms with Gasteiger partial charge in [-0.2, -0.15) is 0 Å². The van der Waals surface area contributed by atoms with Crippen molar-refractivity contribution in [3.05, 3.63) is 35.4 Å². The van der Waals surface area contributed by atoms with Gasteiger partial charge in [-0.05, 0) is 24.0 Å². The molecule has 1 saturated heterocycles. The first kappa shape index (κ1) is 16.0. The molecule has 1 N–H and O–H groups in total. The number of hydrogen-bond donors (Lipinski definition) is 1. The van der Waals surface area contributed by atoms with Crippen molar-refractivity contribution < 1.29 is 9.53 Å². The normalized spacial score (nSPS) is 15.8. The lowest BCUT2D eigenvalue weighted by molar-refractivity contribution is -0.130. The minimum absolute atomic E-state index is 0.223. The van der Waals surface area contributed by atoms with E-state index in [1.54, 1.807) is 7.11 Å². The maximum Gasteiger partial charge on any atom is 0.236 e. The molecule has 0 aliphatic carbocycles. The third kappa shape index (κ3) is 5.14. The van der Waals surface area contributed by atoms with Crippen LogP contribution < -0.4 is 5.32 Å². The van der Waals surface area contributed by atoms with Crippen molar-refractivity contribution in [2.24, 2.45) is 0 Å². The van der Waals surface area contributed by atoms with Gasteiger partial charge in [0.05, 0.1) is 13.2 Å². The molecule has 0 spiro atoms. The van der Waals surface area contributed by atoms with Gasteiger partial charge in [0.15, 0.2) is 0 Å². The summed E-state index contributed by atoms with van der Waals surface area (Å²) in [5.74, 6) is 0.223. The van der Waals surface area contributed by atoms with Crippen LogP contribution in [0.1, 0.15) is 36.8 Å². The summed E-state index contributed by atoms with van der Waals surface area (Å²) in [7, 11) is 1.70. The maximum absolute atomic E-state index is 12.2. The van der Waals surface area contributed by atoms with E-state index in [2.05, 4.69) is 17.4 Å². The number of methoxy groups -OCH3 is 1. The first-order valence-corrected chi connectivity index (χ1v) is 7.85. The fourth-order valence-corrected chi connectivity index (χ4v) is 2.76. The molecule has 1 aliphatic heterocycles. The molecule has 0 aromatic heterocycles. The van der Waals surface area contributed by atoms with Gasteiger partial charge in [0, 0.05) is 26.7 Å². The largest absolute Gasteiger partial charge is 0.380 e. The minimum Gasteiger partial charge on any atom is -0.380 e. The lowest BCUT2D eigenvalue weighted by Crippen LogP contribution is -2.38. The van der Waals surface area contributed by atoms with Crippen LogP contribution in [0.25, 0.3) is 0 Å². The number of nitrogens with zero attached hydrogens (tertiary/aromatic N) is 1. The third-order valence-corrected chi connectivity index (χ3v) is 3.97. The summed E-state index contributed by atoms with van der Waals surface area (Å²) in [6, 6.07) is 8.18. The lowest BCUT2D eigenvalue weighted by atomic mass is 10.1. The van der Waals surface area contributed by atoms with Gasteiger partial charge in [-0.3, -0.25) is 4.79 Å². The smallest absolute Gasteiger partial charge is 0.236 e. The quantitative estimate of drug-likeness (QED) is 0.874. The van der Waals surface area contributed by atoms with Crippen molar-refractivity contribution in [1.29, 1.82) is 0 Å². The van der Waals surface area contributed by atoms with Gasteiger partial charge >= 0.3 is 0 Å².